The van der Waals surface area contributed by atoms with Gasteiger partial charge in [-0.1, -0.05) is 0 Å². The Balaban J connectivity index is 3.07. The molecular weight excluding hydrogens is 226 g/mol. The monoisotopic (exact) mass is 253 g/mol. The number of nitrogens with two attached hydrogens (primary N) is 3. The number of aliphatic imine (C=N–C) groups is 1. The summed E-state index contributed by atoms with van der Waals surface area (Å²) in [6, 6.07) is 0. The quantitative estimate of drug-likeness (QED) is 0.591. The molecule has 1 aliphatic rings. The zero-order valence-electron chi connectivity index (χ0n) is 11.6. The van der Waals surface area contributed by atoms with Crippen LogP contribution in [0.3, 0.4) is 0 Å². The van der Waals surface area contributed by atoms with Gasteiger partial charge in [-0.05, 0) is 59.1 Å². The molecule has 0 fully saturated rings. The molecule has 0 saturated carbocycles. The number of hydrogen-bond acceptors (Lipinski definition) is 5. The first-order valence-electron chi connectivity index (χ1n) is 6.64. The molecule has 0 radical (unpaired) electrons. The molecule has 0 aromatic carbocycles. The van der Waals surface area contributed by atoms with E-state index >= 15 is 0 Å². The van der Waals surface area contributed by atoms with Crippen molar-refractivity contribution in [2.75, 3.05) is 33.7 Å². The van der Waals surface area contributed by atoms with Crippen molar-refractivity contribution in [2.24, 2.45) is 28.1 Å². The summed E-state index contributed by atoms with van der Waals surface area (Å²) >= 11 is 0. The van der Waals surface area contributed by atoms with E-state index < -0.39 is 0 Å². The third-order valence-electron chi connectivity index (χ3n) is 3.84. The van der Waals surface area contributed by atoms with Gasteiger partial charge in [-0.2, -0.15) is 0 Å². The van der Waals surface area contributed by atoms with Gasteiger partial charge in [-0.15, -0.1) is 0 Å². The number of rotatable bonds is 7. The maximum absolute atomic E-state index is 5.80. The van der Waals surface area contributed by atoms with E-state index in [0.717, 1.165) is 25.0 Å². The van der Waals surface area contributed by atoms with Crippen LogP contribution in [0, 0.1) is 5.92 Å². The third-order valence-corrected chi connectivity index (χ3v) is 3.84. The minimum atomic E-state index is -0.0691. The predicted molar refractivity (Wildman–Crippen MR) is 77.5 cm³/mol. The van der Waals surface area contributed by atoms with Crippen LogP contribution in [-0.2, 0) is 0 Å². The van der Waals surface area contributed by atoms with Crippen LogP contribution in [0.4, 0.5) is 0 Å². The summed E-state index contributed by atoms with van der Waals surface area (Å²) in [6.07, 6.45) is 6.72. The molecule has 1 rings (SSSR count). The third kappa shape index (κ3) is 2.98. The average molecular weight is 253 g/mol. The van der Waals surface area contributed by atoms with Crippen molar-refractivity contribution in [2.45, 2.75) is 24.8 Å². The summed E-state index contributed by atoms with van der Waals surface area (Å²) in [5.41, 5.74) is 18.4. The summed E-state index contributed by atoms with van der Waals surface area (Å²) in [5, 5.41) is 0. The number of likely N-dealkylation sites (N-methyl/N-ethyl adjacent to an activating group) is 1. The van der Waals surface area contributed by atoms with Crippen molar-refractivity contribution in [1.82, 2.24) is 4.90 Å². The summed E-state index contributed by atoms with van der Waals surface area (Å²) in [4.78, 5) is 6.75. The van der Waals surface area contributed by atoms with Gasteiger partial charge < -0.3 is 17.2 Å². The van der Waals surface area contributed by atoms with Crippen molar-refractivity contribution in [3.05, 3.63) is 12.3 Å². The molecule has 2 unspecified atom stereocenters. The molecule has 1 heterocycles. The topological polar surface area (TPSA) is 93.7 Å². The Labute approximate surface area is 110 Å². The first kappa shape index (κ1) is 15.3. The lowest BCUT2D eigenvalue weighted by Gasteiger charge is -2.46. The fourth-order valence-electron chi connectivity index (χ4n) is 2.90. The molecule has 5 nitrogen and oxygen atoms in total. The molecule has 0 bridgehead atoms. The van der Waals surface area contributed by atoms with Crippen molar-refractivity contribution < 1.29 is 0 Å². The Morgan fingerprint density at radius 3 is 2.44 bits per heavy atom. The second kappa shape index (κ2) is 6.99. The van der Waals surface area contributed by atoms with Gasteiger partial charge in [0.25, 0.3) is 0 Å². The first-order valence-corrected chi connectivity index (χ1v) is 6.64. The van der Waals surface area contributed by atoms with E-state index in [2.05, 4.69) is 30.1 Å². The van der Waals surface area contributed by atoms with Gasteiger partial charge in [0.2, 0.25) is 0 Å². The zero-order chi connectivity index (χ0) is 13.6. The highest BCUT2D eigenvalue weighted by molar-refractivity contribution is 5.90. The number of hydrogen-bond donors (Lipinski definition) is 3. The molecule has 0 aromatic rings. The Morgan fingerprint density at radius 1 is 1.22 bits per heavy atom. The van der Waals surface area contributed by atoms with Gasteiger partial charge in [0.15, 0.2) is 0 Å². The molecule has 6 N–H and O–H groups in total. The van der Waals surface area contributed by atoms with Gasteiger partial charge in [0.1, 0.15) is 0 Å². The largest absolute Gasteiger partial charge is 0.330 e. The Kier molecular flexibility index (Phi) is 5.95. The van der Waals surface area contributed by atoms with Crippen LogP contribution in [0.15, 0.2) is 17.3 Å². The molecule has 5 heteroatoms. The molecule has 104 valence electrons. The van der Waals surface area contributed by atoms with Gasteiger partial charge in [-0.25, -0.2) is 0 Å². The summed E-state index contributed by atoms with van der Waals surface area (Å²) in [5.74, 6) is 0.314. The second-order valence-electron chi connectivity index (χ2n) is 5.03. The Hall–Kier alpha value is -0.750. The minimum absolute atomic E-state index is 0.0691. The van der Waals surface area contributed by atoms with Crippen LogP contribution in [0.25, 0.3) is 0 Å². The van der Waals surface area contributed by atoms with Crippen molar-refractivity contribution in [1.29, 1.82) is 0 Å². The summed E-state index contributed by atoms with van der Waals surface area (Å²) in [6.45, 7) is 1.93. The van der Waals surface area contributed by atoms with Crippen LogP contribution in [0.2, 0.25) is 0 Å². The number of nitrogens with zero attached hydrogens (tertiary/aromatic N) is 2. The Bertz CT molecular complexity index is 311. The molecule has 1 aliphatic heterocycles. The van der Waals surface area contributed by atoms with Crippen LogP contribution in [0.1, 0.15) is 19.3 Å². The van der Waals surface area contributed by atoms with E-state index in [-0.39, 0.29) is 5.54 Å². The summed E-state index contributed by atoms with van der Waals surface area (Å²) < 4.78 is 0. The van der Waals surface area contributed by atoms with Crippen molar-refractivity contribution in [3.63, 3.8) is 0 Å². The molecule has 0 aliphatic carbocycles. The molecule has 0 aromatic heterocycles. The molecule has 18 heavy (non-hydrogen) atoms. The van der Waals surface area contributed by atoms with E-state index in [1.165, 1.54) is 0 Å². The fraction of sp³-hybridized carbons (Fsp3) is 0.769. The highest BCUT2D eigenvalue weighted by Crippen LogP contribution is 2.35. The van der Waals surface area contributed by atoms with Gasteiger partial charge in [-0.3, -0.25) is 9.89 Å². The maximum atomic E-state index is 5.80. The van der Waals surface area contributed by atoms with E-state index in [1.54, 1.807) is 0 Å². The smallest absolute Gasteiger partial charge is 0.0496 e. The van der Waals surface area contributed by atoms with Crippen molar-refractivity contribution >= 4 is 5.71 Å². The normalized spacial score (nSPS) is 27.7. The second-order valence-corrected chi connectivity index (χ2v) is 5.03. The average Bonchev–Trinajstić information content (AvgIpc) is 2.33. The summed E-state index contributed by atoms with van der Waals surface area (Å²) in [7, 11) is 4.18. The lowest BCUT2D eigenvalue weighted by Crippen LogP contribution is -2.54. The Morgan fingerprint density at radius 2 is 1.94 bits per heavy atom. The lowest BCUT2D eigenvalue weighted by molar-refractivity contribution is 0.146. The van der Waals surface area contributed by atoms with E-state index in [4.69, 9.17) is 17.2 Å². The van der Waals surface area contributed by atoms with Crippen LogP contribution >= 0.6 is 0 Å². The highest BCUT2D eigenvalue weighted by Gasteiger charge is 2.41. The van der Waals surface area contributed by atoms with Crippen LogP contribution < -0.4 is 17.2 Å². The van der Waals surface area contributed by atoms with E-state index in [0.29, 0.717) is 25.6 Å². The maximum Gasteiger partial charge on any atom is 0.0496 e. The predicted octanol–water partition coefficient (Wildman–Crippen LogP) is -0.0823. The first-order chi connectivity index (χ1) is 8.62. The SMILES string of the molecule is CN(C)C1(CCN)C=CN=C(CCN)C1CCN. The lowest BCUT2D eigenvalue weighted by atomic mass is 9.73. The zero-order valence-corrected chi connectivity index (χ0v) is 11.6. The molecule has 0 saturated heterocycles. The van der Waals surface area contributed by atoms with Crippen molar-refractivity contribution in [3.8, 4) is 0 Å². The van der Waals surface area contributed by atoms with E-state index in [1.807, 2.05) is 6.20 Å². The van der Waals surface area contributed by atoms with Crippen LogP contribution in [-0.4, -0.2) is 49.9 Å². The molecular formula is C13H27N5. The fourth-order valence-corrected chi connectivity index (χ4v) is 2.90. The molecule has 2 atom stereocenters. The van der Waals surface area contributed by atoms with Gasteiger partial charge >= 0.3 is 0 Å². The van der Waals surface area contributed by atoms with E-state index in [9.17, 15) is 0 Å². The highest BCUT2D eigenvalue weighted by atomic mass is 15.2. The van der Waals surface area contributed by atoms with Crippen LogP contribution in [0.5, 0.6) is 0 Å². The standard InChI is InChI=1S/C13H27N5/c1-18(2)13(5-9-16)6-10-17-12(4-8-15)11(13)3-7-14/h6,10-11H,3-5,7-9,14-16H2,1-2H3. The van der Waals surface area contributed by atoms with Gasteiger partial charge in [0.05, 0.1) is 0 Å². The van der Waals surface area contributed by atoms with Gasteiger partial charge in [0, 0.05) is 23.4 Å². The molecule has 0 amide bonds. The molecule has 0 spiro atoms. The minimum Gasteiger partial charge on any atom is -0.330 e.